The summed E-state index contributed by atoms with van der Waals surface area (Å²) in [4.78, 5) is 17.8. The van der Waals surface area contributed by atoms with Crippen molar-refractivity contribution in [2.45, 2.75) is 38.5 Å². The molecule has 1 amide bonds. The molecule has 1 aliphatic rings. The van der Waals surface area contributed by atoms with E-state index in [1.54, 1.807) is 7.11 Å². The van der Waals surface area contributed by atoms with Gasteiger partial charge in [0.15, 0.2) is 0 Å². The van der Waals surface area contributed by atoms with Crippen LogP contribution in [0.15, 0.2) is 54.6 Å². The van der Waals surface area contributed by atoms with Crippen LogP contribution in [0.25, 0.3) is 0 Å². The fourth-order valence-corrected chi connectivity index (χ4v) is 4.23. The topological polar surface area (TPSA) is 44.8 Å². The molecule has 0 bridgehead atoms. The smallest absolute Gasteiger partial charge is 0.228 e. The predicted octanol–water partition coefficient (Wildman–Crippen LogP) is 4.30. The zero-order valence-electron chi connectivity index (χ0n) is 19.1. The molecule has 3 rings (SSSR count). The summed E-state index contributed by atoms with van der Waals surface area (Å²) in [6, 6.07) is 18.4. The molecule has 0 aliphatic carbocycles. The van der Waals surface area contributed by atoms with E-state index in [2.05, 4.69) is 46.3 Å². The van der Waals surface area contributed by atoms with Crippen LogP contribution < -0.4 is 15.0 Å². The van der Waals surface area contributed by atoms with Crippen molar-refractivity contribution < 1.29 is 9.53 Å². The van der Waals surface area contributed by atoms with E-state index in [0.717, 1.165) is 62.7 Å². The molecule has 1 unspecified atom stereocenters. The maximum atomic E-state index is 13.1. The van der Waals surface area contributed by atoms with E-state index in [4.69, 9.17) is 4.74 Å². The van der Waals surface area contributed by atoms with E-state index in [1.165, 1.54) is 19.3 Å². The second kappa shape index (κ2) is 12.4. The Kier molecular flexibility index (Phi) is 9.22. The molecule has 168 valence electrons. The molecule has 1 heterocycles. The van der Waals surface area contributed by atoms with Gasteiger partial charge in [-0.25, -0.2) is 0 Å². The maximum Gasteiger partial charge on any atom is 0.228 e. The molecule has 5 nitrogen and oxygen atoms in total. The number of carbonyl (C=O) groups excluding carboxylic acids is 1. The molecule has 31 heavy (non-hydrogen) atoms. The highest BCUT2D eigenvalue weighted by Gasteiger charge is 2.26. The molecule has 1 atom stereocenters. The van der Waals surface area contributed by atoms with E-state index in [0.29, 0.717) is 0 Å². The number of piperazine rings is 1. The Morgan fingerprint density at radius 3 is 2.39 bits per heavy atom. The van der Waals surface area contributed by atoms with Gasteiger partial charge in [0.1, 0.15) is 5.75 Å². The summed E-state index contributed by atoms with van der Waals surface area (Å²) in [5.41, 5.74) is 2.25. The number of rotatable bonds is 11. The van der Waals surface area contributed by atoms with Gasteiger partial charge in [-0.2, -0.15) is 0 Å². The summed E-state index contributed by atoms with van der Waals surface area (Å²) < 4.78 is 5.53. The summed E-state index contributed by atoms with van der Waals surface area (Å²) in [5.74, 6) is 0.931. The standard InChI is InChI=1S/C26H37N3O2/c1-3-4-5-11-16-27-26(30)23(22-12-7-6-8-13-22)21-28-17-19-29(20-18-28)24-14-9-10-15-25(24)31-2/h6-10,12-15,23H,3-5,11,16-21H2,1-2H3,(H,27,30). The predicted molar refractivity (Wildman–Crippen MR) is 128 cm³/mol. The average Bonchev–Trinajstić information content (AvgIpc) is 2.83. The summed E-state index contributed by atoms with van der Waals surface area (Å²) >= 11 is 0. The fourth-order valence-electron chi connectivity index (χ4n) is 4.23. The van der Waals surface area contributed by atoms with Crippen LogP contribution in [0.2, 0.25) is 0 Å². The Bertz CT molecular complexity index is 788. The van der Waals surface area contributed by atoms with Crippen molar-refractivity contribution in [1.29, 1.82) is 0 Å². The van der Waals surface area contributed by atoms with Gasteiger partial charge in [-0.15, -0.1) is 0 Å². The SMILES string of the molecule is CCCCCCNC(=O)C(CN1CCN(c2ccccc2OC)CC1)c1ccccc1. The van der Waals surface area contributed by atoms with Crippen molar-refractivity contribution in [3.05, 3.63) is 60.2 Å². The first kappa shape index (κ1) is 23.1. The Balaban J connectivity index is 1.58. The summed E-state index contributed by atoms with van der Waals surface area (Å²) in [6.45, 7) is 7.46. The van der Waals surface area contributed by atoms with Gasteiger partial charge in [-0.3, -0.25) is 9.69 Å². The normalized spacial score (nSPS) is 15.5. The number of carbonyl (C=O) groups is 1. The zero-order valence-corrected chi connectivity index (χ0v) is 19.1. The lowest BCUT2D eigenvalue weighted by Crippen LogP contribution is -2.49. The number of hydrogen-bond donors (Lipinski definition) is 1. The molecule has 0 spiro atoms. The van der Waals surface area contributed by atoms with Gasteiger partial charge < -0.3 is 15.0 Å². The van der Waals surface area contributed by atoms with Crippen molar-refractivity contribution in [1.82, 2.24) is 10.2 Å². The Hall–Kier alpha value is -2.53. The number of benzene rings is 2. The third kappa shape index (κ3) is 6.73. The van der Waals surface area contributed by atoms with Crippen molar-refractivity contribution in [3.8, 4) is 5.75 Å². The average molecular weight is 424 g/mol. The summed E-state index contributed by atoms with van der Waals surface area (Å²) in [6.07, 6.45) is 4.67. The number of unbranched alkanes of at least 4 members (excludes halogenated alkanes) is 3. The van der Waals surface area contributed by atoms with Crippen LogP contribution >= 0.6 is 0 Å². The first-order chi connectivity index (χ1) is 15.2. The minimum absolute atomic E-state index is 0.134. The second-order valence-corrected chi connectivity index (χ2v) is 8.27. The number of amides is 1. The number of anilines is 1. The van der Waals surface area contributed by atoms with Gasteiger partial charge >= 0.3 is 0 Å². The van der Waals surface area contributed by atoms with Crippen LogP contribution in [0.1, 0.15) is 44.1 Å². The molecule has 1 N–H and O–H groups in total. The number of nitrogens with one attached hydrogen (secondary N) is 1. The van der Waals surface area contributed by atoms with Gasteiger partial charge in [0.2, 0.25) is 5.91 Å². The van der Waals surface area contributed by atoms with Gasteiger partial charge in [0.05, 0.1) is 18.7 Å². The van der Waals surface area contributed by atoms with E-state index in [-0.39, 0.29) is 11.8 Å². The zero-order chi connectivity index (χ0) is 21.9. The molecule has 0 radical (unpaired) electrons. The number of ether oxygens (including phenoxy) is 1. The first-order valence-electron chi connectivity index (χ1n) is 11.7. The summed E-state index contributed by atoms with van der Waals surface area (Å²) in [5, 5.41) is 3.19. The monoisotopic (exact) mass is 423 g/mol. The Morgan fingerprint density at radius 2 is 1.68 bits per heavy atom. The molecule has 1 aliphatic heterocycles. The first-order valence-corrected chi connectivity index (χ1v) is 11.7. The van der Waals surface area contributed by atoms with E-state index in [9.17, 15) is 4.79 Å². The van der Waals surface area contributed by atoms with Crippen molar-refractivity contribution in [2.24, 2.45) is 0 Å². The molecule has 2 aromatic rings. The number of methoxy groups -OCH3 is 1. The van der Waals surface area contributed by atoms with Crippen LogP contribution in [0.3, 0.4) is 0 Å². The van der Waals surface area contributed by atoms with E-state index >= 15 is 0 Å². The Labute approximate surface area is 187 Å². The van der Waals surface area contributed by atoms with Gasteiger partial charge in [-0.05, 0) is 24.1 Å². The molecule has 2 aromatic carbocycles. The van der Waals surface area contributed by atoms with Crippen molar-refractivity contribution in [3.63, 3.8) is 0 Å². The molecule has 0 aromatic heterocycles. The number of para-hydroxylation sites is 2. The third-order valence-electron chi connectivity index (χ3n) is 6.09. The molecule has 1 fully saturated rings. The second-order valence-electron chi connectivity index (χ2n) is 8.27. The van der Waals surface area contributed by atoms with Gasteiger partial charge in [-0.1, -0.05) is 68.7 Å². The maximum absolute atomic E-state index is 13.1. The highest BCUT2D eigenvalue weighted by molar-refractivity contribution is 5.83. The largest absolute Gasteiger partial charge is 0.495 e. The summed E-state index contributed by atoms with van der Waals surface area (Å²) in [7, 11) is 1.72. The molecule has 0 saturated carbocycles. The lowest BCUT2D eigenvalue weighted by molar-refractivity contribution is -0.123. The van der Waals surface area contributed by atoms with E-state index in [1.807, 2.05) is 30.3 Å². The quantitative estimate of drug-likeness (QED) is 0.548. The highest BCUT2D eigenvalue weighted by Crippen LogP contribution is 2.28. The Morgan fingerprint density at radius 1 is 0.968 bits per heavy atom. The van der Waals surface area contributed by atoms with Crippen LogP contribution in [0.5, 0.6) is 5.75 Å². The van der Waals surface area contributed by atoms with Crippen molar-refractivity contribution in [2.75, 3.05) is 51.3 Å². The number of nitrogens with zero attached hydrogens (tertiary/aromatic N) is 2. The molecular formula is C26H37N3O2. The van der Waals surface area contributed by atoms with Crippen LogP contribution in [0, 0.1) is 0 Å². The highest BCUT2D eigenvalue weighted by atomic mass is 16.5. The number of hydrogen-bond acceptors (Lipinski definition) is 4. The lowest BCUT2D eigenvalue weighted by atomic mass is 9.97. The minimum atomic E-state index is -0.134. The minimum Gasteiger partial charge on any atom is -0.495 e. The van der Waals surface area contributed by atoms with Crippen LogP contribution in [-0.4, -0.2) is 57.2 Å². The van der Waals surface area contributed by atoms with Gasteiger partial charge in [0.25, 0.3) is 0 Å². The molecular weight excluding hydrogens is 386 g/mol. The van der Waals surface area contributed by atoms with Crippen LogP contribution in [-0.2, 0) is 4.79 Å². The molecule has 5 heteroatoms. The lowest BCUT2D eigenvalue weighted by Gasteiger charge is -2.38. The van der Waals surface area contributed by atoms with Crippen molar-refractivity contribution >= 4 is 11.6 Å². The molecule has 1 saturated heterocycles. The third-order valence-corrected chi connectivity index (χ3v) is 6.09. The van der Waals surface area contributed by atoms with Crippen LogP contribution in [0.4, 0.5) is 5.69 Å². The fraction of sp³-hybridized carbons (Fsp3) is 0.500. The van der Waals surface area contributed by atoms with E-state index < -0.39 is 0 Å². The van der Waals surface area contributed by atoms with Gasteiger partial charge in [0, 0.05) is 39.3 Å².